The molecular weight excluding hydrogens is 376 g/mol. The Bertz CT molecular complexity index is 787. The summed E-state index contributed by atoms with van der Waals surface area (Å²) in [6.45, 7) is 4.95. The van der Waals surface area contributed by atoms with Crippen molar-refractivity contribution < 1.29 is 9.18 Å². The van der Waals surface area contributed by atoms with Crippen LogP contribution in [-0.2, 0) is 6.54 Å². The fourth-order valence-corrected chi connectivity index (χ4v) is 3.41. The molecule has 1 aliphatic heterocycles. The molecule has 0 radical (unpaired) electrons. The molecular formula is C19H20Cl2FN3O. The van der Waals surface area contributed by atoms with Crippen LogP contribution >= 0.6 is 23.2 Å². The molecule has 0 bridgehead atoms. The van der Waals surface area contributed by atoms with Crippen molar-refractivity contribution in [1.82, 2.24) is 9.80 Å². The molecule has 2 aromatic carbocycles. The van der Waals surface area contributed by atoms with E-state index in [1.165, 1.54) is 6.07 Å². The predicted octanol–water partition coefficient (Wildman–Crippen LogP) is 4.79. The minimum atomic E-state index is -0.329. The molecule has 0 aromatic heterocycles. The van der Waals surface area contributed by atoms with Crippen molar-refractivity contribution in [3.63, 3.8) is 0 Å². The van der Waals surface area contributed by atoms with E-state index in [1.54, 1.807) is 24.0 Å². The van der Waals surface area contributed by atoms with Crippen molar-refractivity contribution >= 4 is 34.9 Å². The first-order valence-electron chi connectivity index (χ1n) is 8.41. The number of nitrogens with one attached hydrogen (secondary N) is 1. The van der Waals surface area contributed by atoms with Gasteiger partial charge in [-0.3, -0.25) is 4.90 Å². The molecule has 0 saturated carbocycles. The van der Waals surface area contributed by atoms with Crippen LogP contribution in [0.2, 0.25) is 10.0 Å². The maximum atomic E-state index is 13.6. The van der Waals surface area contributed by atoms with Crippen LogP contribution in [0.1, 0.15) is 11.1 Å². The van der Waals surface area contributed by atoms with Crippen molar-refractivity contribution in [2.75, 3.05) is 31.5 Å². The number of urea groups is 1. The van der Waals surface area contributed by atoms with E-state index in [1.807, 2.05) is 18.2 Å². The highest BCUT2D eigenvalue weighted by molar-refractivity contribution is 6.35. The van der Waals surface area contributed by atoms with Gasteiger partial charge in [0.05, 0.1) is 0 Å². The first-order valence-corrected chi connectivity index (χ1v) is 9.17. The highest BCUT2D eigenvalue weighted by Crippen LogP contribution is 2.26. The summed E-state index contributed by atoms with van der Waals surface area (Å²) in [6, 6.07) is 9.94. The normalized spacial score (nSPS) is 15.2. The van der Waals surface area contributed by atoms with Gasteiger partial charge < -0.3 is 10.2 Å². The summed E-state index contributed by atoms with van der Waals surface area (Å²) in [5.74, 6) is -0.329. The highest BCUT2D eigenvalue weighted by Gasteiger charge is 2.22. The minimum absolute atomic E-state index is 0.219. The molecule has 0 aliphatic carbocycles. The lowest BCUT2D eigenvalue weighted by Gasteiger charge is -2.35. The summed E-state index contributed by atoms with van der Waals surface area (Å²) in [4.78, 5) is 16.3. The van der Waals surface area contributed by atoms with Crippen molar-refractivity contribution in [1.29, 1.82) is 0 Å². The zero-order valence-corrected chi connectivity index (χ0v) is 15.9. The fraction of sp³-hybridized carbons (Fsp3) is 0.316. The second-order valence-electron chi connectivity index (χ2n) is 6.36. The Morgan fingerprint density at radius 3 is 2.38 bits per heavy atom. The third kappa shape index (κ3) is 4.47. The molecule has 1 fully saturated rings. The van der Waals surface area contributed by atoms with Crippen molar-refractivity contribution in [3.8, 4) is 0 Å². The molecule has 0 unspecified atom stereocenters. The SMILES string of the molecule is Cc1ccc(NC(=O)N2CCN(Cc3c(Cl)cccc3Cl)CC2)cc1F. The fourth-order valence-electron chi connectivity index (χ4n) is 2.89. The van der Waals surface area contributed by atoms with E-state index >= 15 is 0 Å². The quantitative estimate of drug-likeness (QED) is 0.810. The lowest BCUT2D eigenvalue weighted by atomic mass is 10.2. The van der Waals surface area contributed by atoms with E-state index in [0.29, 0.717) is 40.9 Å². The third-order valence-electron chi connectivity index (χ3n) is 4.53. The number of hydrogen-bond acceptors (Lipinski definition) is 2. The van der Waals surface area contributed by atoms with Crippen molar-refractivity contribution in [2.45, 2.75) is 13.5 Å². The first-order chi connectivity index (χ1) is 12.4. The van der Waals surface area contributed by atoms with E-state index in [9.17, 15) is 9.18 Å². The van der Waals surface area contributed by atoms with Crippen LogP contribution in [0, 0.1) is 12.7 Å². The number of halogens is 3. The topological polar surface area (TPSA) is 35.6 Å². The molecule has 2 amide bonds. The average Bonchev–Trinajstić information content (AvgIpc) is 2.62. The number of carbonyl (C=O) groups excluding carboxylic acids is 1. The summed E-state index contributed by atoms with van der Waals surface area (Å²) < 4.78 is 13.6. The Morgan fingerprint density at radius 2 is 1.77 bits per heavy atom. The number of piperazine rings is 1. The van der Waals surface area contributed by atoms with Gasteiger partial charge in [-0.1, -0.05) is 35.3 Å². The van der Waals surface area contributed by atoms with E-state index in [2.05, 4.69) is 10.2 Å². The number of anilines is 1. The number of benzene rings is 2. The van der Waals surface area contributed by atoms with Crippen LogP contribution in [0.3, 0.4) is 0 Å². The highest BCUT2D eigenvalue weighted by atomic mass is 35.5. The molecule has 1 aliphatic rings. The molecule has 3 rings (SSSR count). The number of nitrogens with zero attached hydrogens (tertiary/aromatic N) is 2. The Kier molecular flexibility index (Phi) is 6.01. The van der Waals surface area contributed by atoms with Crippen LogP contribution in [-0.4, -0.2) is 42.0 Å². The smallest absolute Gasteiger partial charge is 0.321 e. The Morgan fingerprint density at radius 1 is 1.12 bits per heavy atom. The number of rotatable bonds is 3. The van der Waals surface area contributed by atoms with Gasteiger partial charge in [0.1, 0.15) is 5.82 Å². The van der Waals surface area contributed by atoms with Gasteiger partial charge in [0.25, 0.3) is 0 Å². The molecule has 2 aromatic rings. The summed E-state index contributed by atoms with van der Waals surface area (Å²) in [5.41, 5.74) is 1.92. The molecule has 1 saturated heterocycles. The number of carbonyl (C=O) groups is 1. The number of amides is 2. The molecule has 0 spiro atoms. The van der Waals surface area contributed by atoms with Gasteiger partial charge in [-0.2, -0.15) is 0 Å². The Balaban J connectivity index is 1.54. The largest absolute Gasteiger partial charge is 0.322 e. The Labute approximate surface area is 162 Å². The van der Waals surface area contributed by atoms with Crippen LogP contribution in [0.15, 0.2) is 36.4 Å². The molecule has 1 N–H and O–H groups in total. The molecule has 1 heterocycles. The standard InChI is InChI=1S/C19H20Cl2FN3O/c1-13-5-6-14(11-18(13)22)23-19(26)25-9-7-24(8-10-25)12-15-16(20)3-2-4-17(15)21/h2-6,11H,7-10,12H2,1H3,(H,23,26). The zero-order chi connectivity index (χ0) is 18.7. The number of aryl methyl sites for hydroxylation is 1. The summed E-state index contributed by atoms with van der Waals surface area (Å²) in [6.07, 6.45) is 0. The van der Waals surface area contributed by atoms with Crippen molar-refractivity contribution in [2.24, 2.45) is 0 Å². The third-order valence-corrected chi connectivity index (χ3v) is 5.23. The molecule has 138 valence electrons. The van der Waals surface area contributed by atoms with Gasteiger partial charge >= 0.3 is 6.03 Å². The summed E-state index contributed by atoms with van der Waals surface area (Å²) >= 11 is 12.5. The van der Waals surface area contributed by atoms with Gasteiger partial charge in [-0.05, 0) is 36.8 Å². The van der Waals surface area contributed by atoms with Gasteiger partial charge in [-0.15, -0.1) is 0 Å². The summed E-state index contributed by atoms with van der Waals surface area (Å²) in [7, 11) is 0. The van der Waals surface area contributed by atoms with Crippen LogP contribution in [0.5, 0.6) is 0 Å². The predicted molar refractivity (Wildman–Crippen MR) is 103 cm³/mol. The molecule has 4 nitrogen and oxygen atoms in total. The van der Waals surface area contributed by atoms with Crippen LogP contribution in [0.25, 0.3) is 0 Å². The molecule has 26 heavy (non-hydrogen) atoms. The molecule has 7 heteroatoms. The maximum absolute atomic E-state index is 13.6. The van der Waals surface area contributed by atoms with Gasteiger partial charge in [-0.25, -0.2) is 9.18 Å². The lowest BCUT2D eigenvalue weighted by Crippen LogP contribution is -2.49. The second kappa shape index (κ2) is 8.25. The van der Waals surface area contributed by atoms with E-state index < -0.39 is 0 Å². The van der Waals surface area contributed by atoms with Crippen LogP contribution < -0.4 is 5.32 Å². The lowest BCUT2D eigenvalue weighted by molar-refractivity contribution is 0.143. The van der Waals surface area contributed by atoms with Gasteiger partial charge in [0, 0.05) is 54.0 Å². The summed E-state index contributed by atoms with van der Waals surface area (Å²) in [5, 5.41) is 4.05. The molecule has 0 atom stereocenters. The zero-order valence-electron chi connectivity index (χ0n) is 14.4. The van der Waals surface area contributed by atoms with Gasteiger partial charge in [0.2, 0.25) is 0 Å². The average molecular weight is 396 g/mol. The number of hydrogen-bond donors (Lipinski definition) is 1. The van der Waals surface area contributed by atoms with E-state index in [4.69, 9.17) is 23.2 Å². The maximum Gasteiger partial charge on any atom is 0.321 e. The minimum Gasteiger partial charge on any atom is -0.322 e. The second-order valence-corrected chi connectivity index (χ2v) is 7.17. The van der Waals surface area contributed by atoms with Crippen molar-refractivity contribution in [3.05, 3.63) is 63.4 Å². The Hall–Kier alpha value is -1.82. The van der Waals surface area contributed by atoms with Crippen LogP contribution in [0.4, 0.5) is 14.9 Å². The van der Waals surface area contributed by atoms with Gasteiger partial charge in [0.15, 0.2) is 0 Å². The van der Waals surface area contributed by atoms with E-state index in [-0.39, 0.29) is 11.8 Å². The van der Waals surface area contributed by atoms with E-state index in [0.717, 1.165) is 18.7 Å². The first kappa shape index (κ1) is 19.0. The monoisotopic (exact) mass is 395 g/mol.